The van der Waals surface area contributed by atoms with Crippen LogP contribution < -0.4 is 0 Å². The van der Waals surface area contributed by atoms with Crippen molar-refractivity contribution >= 4 is 35.8 Å². The van der Waals surface area contributed by atoms with Gasteiger partial charge in [0, 0.05) is 0 Å². The zero-order valence-corrected chi connectivity index (χ0v) is 15.3. The Morgan fingerprint density at radius 3 is 0.941 bits per heavy atom. The van der Waals surface area contributed by atoms with Crippen LogP contribution in [0.4, 0.5) is 0 Å². The predicted molar refractivity (Wildman–Crippen MR) is 78.4 cm³/mol. The molecule has 0 unspecified atom stereocenters. The molecule has 2 fully saturated rings. The van der Waals surface area contributed by atoms with Crippen LogP contribution in [0.3, 0.4) is 0 Å². The van der Waals surface area contributed by atoms with Crippen LogP contribution in [0.2, 0.25) is 0 Å². The van der Waals surface area contributed by atoms with Crippen LogP contribution in [0.1, 0.15) is 27.7 Å². The van der Waals surface area contributed by atoms with Crippen molar-refractivity contribution in [2.75, 3.05) is 0 Å². The van der Waals surface area contributed by atoms with Gasteiger partial charge in [-0.25, -0.2) is 0 Å². The molecule has 17 heavy (non-hydrogen) atoms. The molecule has 0 bridgehead atoms. The Kier molecular flexibility index (Phi) is 13.5. The van der Waals surface area contributed by atoms with E-state index in [1.54, 1.807) is 0 Å². The van der Waals surface area contributed by atoms with Crippen molar-refractivity contribution in [3.63, 3.8) is 0 Å². The molecule has 2 aliphatic heterocycles. The van der Waals surface area contributed by atoms with Crippen LogP contribution in [-0.2, 0) is 17.0 Å². The van der Waals surface area contributed by atoms with E-state index in [0.717, 1.165) is 0 Å². The first-order valence-electron chi connectivity index (χ1n) is 5.07. The molecular weight excluding hydrogens is 325 g/mol. The molecule has 2 aliphatic rings. The molecule has 5 heteroatoms. The molecular formula is C12H16Cl2P2Ti. The Morgan fingerprint density at radius 1 is 0.706 bits per heavy atom. The average molecular weight is 341 g/mol. The Balaban J connectivity index is 0.000000247. The monoisotopic (exact) mass is 340 g/mol. The summed E-state index contributed by atoms with van der Waals surface area (Å²) in [4.78, 5) is 0. The third-order valence-electron chi connectivity index (χ3n) is 2.32. The summed E-state index contributed by atoms with van der Waals surface area (Å²) in [6, 6.07) is 0. The van der Waals surface area contributed by atoms with E-state index < -0.39 is 17.0 Å². The van der Waals surface area contributed by atoms with Gasteiger partial charge in [-0.15, -0.1) is 0 Å². The fraction of sp³-hybridized carbons (Fsp3) is 0.333. The van der Waals surface area contributed by atoms with Gasteiger partial charge < -0.3 is 0 Å². The number of hydrogen-bond donors (Lipinski definition) is 0. The fourth-order valence-corrected chi connectivity index (χ4v) is 2.79. The first kappa shape index (κ1) is 19.2. The Morgan fingerprint density at radius 2 is 0.882 bits per heavy atom. The van der Waals surface area contributed by atoms with Gasteiger partial charge in [-0.1, -0.05) is 44.9 Å². The van der Waals surface area contributed by atoms with Gasteiger partial charge in [-0.2, -0.15) is 0 Å². The summed E-state index contributed by atoms with van der Waals surface area (Å²) in [5.41, 5.74) is 0. The molecule has 0 amide bonds. The normalized spacial score (nSPS) is 22.7. The van der Waals surface area contributed by atoms with Crippen LogP contribution in [0.5, 0.6) is 0 Å². The standard InChI is InChI=1S/2C6H8P.2ClH.Ti/c2*1-5-3-7-4-6(5)2;;;/h2*3-4H,1-2H3;2*1H;/q;;;;+2/p-2. The summed E-state index contributed by atoms with van der Waals surface area (Å²) in [5.74, 6) is 5.73. The minimum absolute atomic E-state index is 0.556. The van der Waals surface area contributed by atoms with Gasteiger partial charge >= 0.3 is 35.6 Å². The number of halogens is 2. The van der Waals surface area contributed by atoms with Crippen molar-refractivity contribution in [1.82, 2.24) is 0 Å². The third kappa shape index (κ3) is 9.65. The topological polar surface area (TPSA) is 0 Å². The van der Waals surface area contributed by atoms with E-state index in [-0.39, 0.29) is 0 Å². The number of hydrogen-bond acceptors (Lipinski definition) is 0. The molecule has 0 nitrogen and oxygen atoms in total. The molecule has 0 aromatic carbocycles. The van der Waals surface area contributed by atoms with Crippen LogP contribution in [-0.4, -0.2) is 0 Å². The van der Waals surface area contributed by atoms with Crippen LogP contribution in [0.25, 0.3) is 0 Å². The van der Waals surface area contributed by atoms with E-state index in [9.17, 15) is 0 Å². The molecule has 0 aliphatic carbocycles. The summed E-state index contributed by atoms with van der Waals surface area (Å²) in [7, 11) is 12.5. The maximum atomic E-state index is 4.89. The molecule has 10 radical (unpaired) electrons. The first-order valence-corrected chi connectivity index (χ1v) is 11.4. The molecule has 2 rings (SSSR count). The van der Waals surface area contributed by atoms with Crippen molar-refractivity contribution in [3.8, 4) is 0 Å². The Bertz CT molecular complexity index is 150. The van der Waals surface area contributed by atoms with E-state index in [1.807, 2.05) is 0 Å². The maximum absolute atomic E-state index is 4.89. The Labute approximate surface area is 128 Å². The van der Waals surface area contributed by atoms with E-state index >= 15 is 0 Å². The summed E-state index contributed by atoms with van der Waals surface area (Å²) < 4.78 is 0. The second-order valence-electron chi connectivity index (χ2n) is 3.62. The SMILES string of the molecule is C[C]1[CH][P][CH][C]1C.C[C]1[CH][P][CH][C]1C.[Cl][Ti][Cl]. The second-order valence-corrected chi connectivity index (χ2v) is 7.83. The van der Waals surface area contributed by atoms with Crippen molar-refractivity contribution < 1.29 is 17.0 Å². The van der Waals surface area contributed by atoms with E-state index in [2.05, 4.69) is 52.3 Å². The molecule has 0 atom stereocenters. The zero-order valence-electron chi connectivity index (χ0n) is 10.5. The molecule has 0 aromatic rings. The zero-order chi connectivity index (χ0) is 13.3. The van der Waals surface area contributed by atoms with Gasteiger partial charge in [0.05, 0.1) is 0 Å². The quantitative estimate of drug-likeness (QED) is 0.359. The third-order valence-corrected chi connectivity index (χ3v) is 4.46. The fourth-order valence-electron chi connectivity index (χ4n) is 0.929. The van der Waals surface area contributed by atoms with Crippen LogP contribution >= 0.6 is 35.8 Å². The van der Waals surface area contributed by atoms with Crippen molar-refractivity contribution in [2.45, 2.75) is 27.7 Å². The van der Waals surface area contributed by atoms with Crippen LogP contribution in [0.15, 0.2) is 0 Å². The van der Waals surface area contributed by atoms with Gasteiger partial charge in [-0.05, 0) is 48.3 Å². The summed E-state index contributed by atoms with van der Waals surface area (Å²) in [6.45, 7) is 8.58. The molecule has 0 saturated carbocycles. The summed E-state index contributed by atoms with van der Waals surface area (Å²) >= 11 is -0.556. The number of rotatable bonds is 0. The molecule has 0 spiro atoms. The molecule has 0 N–H and O–H groups in total. The second kappa shape index (κ2) is 11.9. The first-order chi connectivity index (χ1) is 8.02. The average Bonchev–Trinajstić information content (AvgIpc) is 2.81. The molecule has 0 aromatic heterocycles. The van der Waals surface area contributed by atoms with Gasteiger partial charge in [0.25, 0.3) is 0 Å². The van der Waals surface area contributed by atoms with Gasteiger partial charge in [0.1, 0.15) is 0 Å². The van der Waals surface area contributed by atoms with E-state index in [1.165, 1.54) is 40.8 Å². The van der Waals surface area contributed by atoms with E-state index in [4.69, 9.17) is 18.6 Å². The van der Waals surface area contributed by atoms with Gasteiger partial charge in [-0.3, -0.25) is 0 Å². The Hall–Kier alpha value is 2.15. The van der Waals surface area contributed by atoms with Crippen molar-refractivity contribution in [2.24, 2.45) is 0 Å². The van der Waals surface area contributed by atoms with Crippen LogP contribution in [0, 0.1) is 48.3 Å². The van der Waals surface area contributed by atoms with Crippen molar-refractivity contribution in [3.05, 3.63) is 48.3 Å². The summed E-state index contributed by atoms with van der Waals surface area (Å²) in [5, 5.41) is 0. The summed E-state index contributed by atoms with van der Waals surface area (Å²) in [6.07, 6.45) is 8.87. The van der Waals surface area contributed by atoms with Gasteiger partial charge in [0.2, 0.25) is 0 Å². The minimum atomic E-state index is -0.556. The van der Waals surface area contributed by atoms with E-state index in [0.29, 0.717) is 0 Å². The molecule has 2 heterocycles. The molecule has 92 valence electrons. The van der Waals surface area contributed by atoms with Crippen molar-refractivity contribution in [1.29, 1.82) is 0 Å². The van der Waals surface area contributed by atoms with Gasteiger partial charge in [0.15, 0.2) is 0 Å². The molecule has 2 saturated heterocycles. The predicted octanol–water partition coefficient (Wildman–Crippen LogP) is 6.29.